The monoisotopic (exact) mass is 130 g/mol. The first kappa shape index (κ1) is 6.99. The smallest absolute Gasteiger partial charge is 0.108 e. The van der Waals surface area contributed by atoms with Gasteiger partial charge in [0.1, 0.15) is 6.23 Å². The predicted octanol–water partition coefficient (Wildman–Crippen LogP) is -0.423. The SMILES string of the molecule is CCC(O)N1CCNC1. The summed E-state index contributed by atoms with van der Waals surface area (Å²) < 4.78 is 0. The number of hydrogen-bond donors (Lipinski definition) is 2. The molecule has 1 heterocycles. The summed E-state index contributed by atoms with van der Waals surface area (Å²) in [5.74, 6) is 0. The van der Waals surface area contributed by atoms with Gasteiger partial charge in [-0.05, 0) is 6.42 Å². The largest absolute Gasteiger partial charge is 0.378 e. The van der Waals surface area contributed by atoms with Gasteiger partial charge in [-0.1, -0.05) is 6.92 Å². The summed E-state index contributed by atoms with van der Waals surface area (Å²) in [5, 5.41) is 12.4. The zero-order valence-electron chi connectivity index (χ0n) is 5.80. The Morgan fingerprint density at radius 1 is 1.78 bits per heavy atom. The standard InChI is InChI=1S/C6H14N2O/c1-2-6(9)8-4-3-7-5-8/h6-7,9H,2-5H2,1H3. The molecule has 1 rings (SSSR count). The zero-order valence-corrected chi connectivity index (χ0v) is 5.80. The van der Waals surface area contributed by atoms with Crippen LogP contribution in [0.2, 0.25) is 0 Å². The minimum absolute atomic E-state index is 0.236. The van der Waals surface area contributed by atoms with Crippen LogP contribution in [0.3, 0.4) is 0 Å². The van der Waals surface area contributed by atoms with Gasteiger partial charge in [0.05, 0.1) is 6.67 Å². The van der Waals surface area contributed by atoms with Crippen LogP contribution in [0.1, 0.15) is 13.3 Å². The van der Waals surface area contributed by atoms with Gasteiger partial charge in [-0.15, -0.1) is 0 Å². The van der Waals surface area contributed by atoms with Crippen molar-refractivity contribution >= 4 is 0 Å². The lowest BCUT2D eigenvalue weighted by Crippen LogP contribution is -2.33. The molecule has 0 amide bonds. The highest BCUT2D eigenvalue weighted by atomic mass is 16.3. The van der Waals surface area contributed by atoms with Crippen molar-refractivity contribution in [1.29, 1.82) is 0 Å². The summed E-state index contributed by atoms with van der Waals surface area (Å²) in [7, 11) is 0. The lowest BCUT2D eigenvalue weighted by Gasteiger charge is -2.19. The molecule has 1 atom stereocenters. The van der Waals surface area contributed by atoms with E-state index in [1.165, 1.54) is 0 Å². The van der Waals surface area contributed by atoms with Gasteiger partial charge in [0.25, 0.3) is 0 Å². The molecule has 0 radical (unpaired) electrons. The lowest BCUT2D eigenvalue weighted by atomic mass is 10.4. The van der Waals surface area contributed by atoms with Crippen LogP contribution in [0.5, 0.6) is 0 Å². The Kier molecular flexibility index (Phi) is 2.45. The summed E-state index contributed by atoms with van der Waals surface area (Å²) >= 11 is 0. The van der Waals surface area contributed by atoms with E-state index in [0.717, 1.165) is 26.2 Å². The molecule has 1 aliphatic rings. The molecule has 3 heteroatoms. The van der Waals surface area contributed by atoms with E-state index < -0.39 is 0 Å². The summed E-state index contributed by atoms with van der Waals surface area (Å²) in [6, 6.07) is 0. The topological polar surface area (TPSA) is 35.5 Å². The number of aliphatic hydroxyl groups is 1. The van der Waals surface area contributed by atoms with Crippen LogP contribution >= 0.6 is 0 Å². The molecular weight excluding hydrogens is 116 g/mol. The van der Waals surface area contributed by atoms with Gasteiger partial charge in [0, 0.05) is 13.1 Å². The van der Waals surface area contributed by atoms with Gasteiger partial charge < -0.3 is 10.4 Å². The predicted molar refractivity (Wildman–Crippen MR) is 35.9 cm³/mol. The first-order valence-corrected chi connectivity index (χ1v) is 3.47. The fraction of sp³-hybridized carbons (Fsp3) is 1.00. The van der Waals surface area contributed by atoms with Crippen LogP contribution < -0.4 is 5.32 Å². The normalized spacial score (nSPS) is 24.7. The van der Waals surface area contributed by atoms with Crippen LogP contribution in [0, 0.1) is 0 Å². The molecule has 0 aromatic heterocycles. The number of nitrogens with one attached hydrogen (secondary N) is 1. The van der Waals surface area contributed by atoms with E-state index >= 15 is 0 Å². The Morgan fingerprint density at radius 3 is 3.00 bits per heavy atom. The average Bonchev–Trinajstić information content (AvgIpc) is 2.37. The molecule has 0 aromatic rings. The summed E-state index contributed by atoms with van der Waals surface area (Å²) in [5.41, 5.74) is 0. The van der Waals surface area contributed by atoms with E-state index in [-0.39, 0.29) is 6.23 Å². The Balaban J connectivity index is 2.24. The maximum absolute atomic E-state index is 9.24. The van der Waals surface area contributed by atoms with Crippen molar-refractivity contribution in [3.8, 4) is 0 Å². The van der Waals surface area contributed by atoms with E-state index in [0.29, 0.717) is 0 Å². The summed E-state index contributed by atoms with van der Waals surface area (Å²) in [4.78, 5) is 2.03. The molecule has 0 bridgehead atoms. The third kappa shape index (κ3) is 1.64. The zero-order chi connectivity index (χ0) is 6.69. The van der Waals surface area contributed by atoms with Gasteiger partial charge >= 0.3 is 0 Å². The van der Waals surface area contributed by atoms with Gasteiger partial charge in [0.2, 0.25) is 0 Å². The van der Waals surface area contributed by atoms with E-state index in [1.54, 1.807) is 0 Å². The molecule has 0 saturated carbocycles. The Morgan fingerprint density at radius 2 is 2.56 bits per heavy atom. The third-order valence-corrected chi connectivity index (χ3v) is 1.68. The molecule has 1 saturated heterocycles. The van der Waals surface area contributed by atoms with Crippen LogP contribution in [-0.4, -0.2) is 36.0 Å². The summed E-state index contributed by atoms with van der Waals surface area (Å²) in [6.45, 7) is 4.82. The quantitative estimate of drug-likeness (QED) is 0.533. The van der Waals surface area contributed by atoms with Crippen molar-refractivity contribution in [3.05, 3.63) is 0 Å². The second kappa shape index (κ2) is 3.15. The molecule has 1 fully saturated rings. The van der Waals surface area contributed by atoms with E-state index in [1.807, 2.05) is 11.8 Å². The minimum Gasteiger partial charge on any atom is -0.378 e. The maximum atomic E-state index is 9.24. The van der Waals surface area contributed by atoms with Crippen LogP contribution in [0.25, 0.3) is 0 Å². The molecule has 0 spiro atoms. The number of nitrogens with zero attached hydrogens (tertiary/aromatic N) is 1. The van der Waals surface area contributed by atoms with Crippen molar-refractivity contribution < 1.29 is 5.11 Å². The molecular formula is C6H14N2O. The highest BCUT2D eigenvalue weighted by Gasteiger charge is 2.16. The first-order chi connectivity index (χ1) is 4.34. The highest BCUT2D eigenvalue weighted by Crippen LogP contribution is 2.00. The van der Waals surface area contributed by atoms with Crippen molar-refractivity contribution in [2.45, 2.75) is 19.6 Å². The van der Waals surface area contributed by atoms with Crippen molar-refractivity contribution in [3.63, 3.8) is 0 Å². The molecule has 54 valence electrons. The molecule has 3 nitrogen and oxygen atoms in total. The van der Waals surface area contributed by atoms with Crippen LogP contribution in [0.15, 0.2) is 0 Å². The number of aliphatic hydroxyl groups excluding tert-OH is 1. The van der Waals surface area contributed by atoms with Crippen molar-refractivity contribution in [2.75, 3.05) is 19.8 Å². The van der Waals surface area contributed by atoms with Crippen molar-refractivity contribution in [2.24, 2.45) is 0 Å². The fourth-order valence-corrected chi connectivity index (χ4v) is 1.04. The number of rotatable bonds is 2. The number of hydrogen-bond acceptors (Lipinski definition) is 3. The van der Waals surface area contributed by atoms with E-state index in [9.17, 15) is 5.11 Å². The third-order valence-electron chi connectivity index (χ3n) is 1.68. The Hall–Kier alpha value is -0.120. The van der Waals surface area contributed by atoms with Crippen LogP contribution in [0.4, 0.5) is 0 Å². The lowest BCUT2D eigenvalue weighted by molar-refractivity contribution is 0.0172. The summed E-state index contributed by atoms with van der Waals surface area (Å²) in [6.07, 6.45) is 0.585. The Labute approximate surface area is 55.7 Å². The highest BCUT2D eigenvalue weighted by molar-refractivity contribution is 4.67. The van der Waals surface area contributed by atoms with Crippen LogP contribution in [-0.2, 0) is 0 Å². The fourth-order valence-electron chi connectivity index (χ4n) is 1.04. The molecule has 1 unspecified atom stereocenters. The van der Waals surface area contributed by atoms with Gasteiger partial charge in [-0.2, -0.15) is 0 Å². The maximum Gasteiger partial charge on any atom is 0.108 e. The second-order valence-electron chi connectivity index (χ2n) is 2.36. The first-order valence-electron chi connectivity index (χ1n) is 3.47. The van der Waals surface area contributed by atoms with E-state index in [4.69, 9.17) is 0 Å². The minimum atomic E-state index is -0.236. The average molecular weight is 130 g/mol. The molecule has 0 aliphatic carbocycles. The van der Waals surface area contributed by atoms with Crippen molar-refractivity contribution in [1.82, 2.24) is 10.2 Å². The van der Waals surface area contributed by atoms with Gasteiger partial charge in [0.15, 0.2) is 0 Å². The molecule has 2 N–H and O–H groups in total. The second-order valence-corrected chi connectivity index (χ2v) is 2.36. The Bertz CT molecular complexity index is 81.1. The molecule has 0 aromatic carbocycles. The molecule has 9 heavy (non-hydrogen) atoms. The van der Waals surface area contributed by atoms with Gasteiger partial charge in [-0.25, -0.2) is 0 Å². The van der Waals surface area contributed by atoms with E-state index in [2.05, 4.69) is 5.32 Å². The van der Waals surface area contributed by atoms with Gasteiger partial charge in [-0.3, -0.25) is 4.90 Å². The molecule has 1 aliphatic heterocycles.